The van der Waals surface area contributed by atoms with Crippen LogP contribution in [0.2, 0.25) is 0 Å². The van der Waals surface area contributed by atoms with Crippen molar-refractivity contribution in [3.05, 3.63) is 84.9 Å². The number of hydrogen-bond acceptors (Lipinski definition) is 3. The maximum atomic E-state index is 12.9. The van der Waals surface area contributed by atoms with Crippen molar-refractivity contribution >= 4 is 42.8 Å². The lowest BCUT2D eigenvalue weighted by Gasteiger charge is -2.23. The Bertz CT molecular complexity index is 952. The number of halogens is 1. The maximum absolute atomic E-state index is 12.9. The van der Waals surface area contributed by atoms with Crippen LogP contribution in [-0.2, 0) is 9.05 Å². The monoisotopic (exact) mass is 386 g/mol. The number of para-hydroxylation sites is 2. The lowest BCUT2D eigenvalue weighted by molar-refractivity contribution is 0.259. The van der Waals surface area contributed by atoms with Gasteiger partial charge in [0.05, 0.1) is 16.3 Å². The predicted octanol–water partition coefficient (Wildman–Crippen LogP) is 4.98. The normalized spacial score (nSPS) is 11.0. The fourth-order valence-corrected chi connectivity index (χ4v) is 3.19. The topological polar surface area (TPSA) is 66.5 Å². The van der Waals surface area contributed by atoms with Crippen LogP contribution in [0.1, 0.15) is 0 Å². The summed E-state index contributed by atoms with van der Waals surface area (Å²) in [4.78, 5) is 14.4. The highest BCUT2D eigenvalue weighted by molar-refractivity contribution is 8.13. The molecule has 3 aromatic carbocycles. The van der Waals surface area contributed by atoms with Gasteiger partial charge >= 0.3 is 6.03 Å². The minimum Gasteiger partial charge on any atom is -0.307 e. The van der Waals surface area contributed by atoms with Crippen molar-refractivity contribution in [2.75, 3.05) is 10.2 Å². The zero-order chi connectivity index (χ0) is 18.6. The molecule has 0 atom stereocenters. The van der Waals surface area contributed by atoms with Crippen LogP contribution >= 0.6 is 10.7 Å². The molecule has 2 amide bonds. The maximum Gasteiger partial charge on any atom is 0.330 e. The van der Waals surface area contributed by atoms with Gasteiger partial charge in [0.2, 0.25) is 0 Å². The van der Waals surface area contributed by atoms with Gasteiger partial charge in [-0.25, -0.2) is 13.2 Å². The minimum absolute atomic E-state index is 0.0276. The molecule has 0 aromatic heterocycles. The Morgan fingerprint density at radius 2 is 1.23 bits per heavy atom. The summed E-state index contributed by atoms with van der Waals surface area (Å²) < 4.78 is 22.6. The van der Waals surface area contributed by atoms with E-state index in [9.17, 15) is 13.2 Å². The molecule has 0 heterocycles. The molecule has 0 aliphatic rings. The second-order valence-corrected chi connectivity index (χ2v) is 7.96. The van der Waals surface area contributed by atoms with Crippen molar-refractivity contribution in [2.24, 2.45) is 0 Å². The van der Waals surface area contributed by atoms with Gasteiger partial charge in [0, 0.05) is 16.4 Å². The van der Waals surface area contributed by atoms with Gasteiger partial charge in [-0.15, -0.1) is 0 Å². The zero-order valence-electron chi connectivity index (χ0n) is 13.5. The van der Waals surface area contributed by atoms with Gasteiger partial charge in [-0.3, -0.25) is 4.90 Å². The molecular formula is C19H15ClN2O3S. The van der Waals surface area contributed by atoms with E-state index in [4.69, 9.17) is 10.7 Å². The van der Waals surface area contributed by atoms with E-state index in [1.54, 1.807) is 0 Å². The number of rotatable bonds is 4. The molecular weight excluding hydrogens is 372 g/mol. The molecule has 7 heteroatoms. The summed E-state index contributed by atoms with van der Waals surface area (Å²) in [6.45, 7) is 0. The van der Waals surface area contributed by atoms with Gasteiger partial charge < -0.3 is 5.32 Å². The SMILES string of the molecule is O=C(Nc1ccc(S(=O)(=O)Cl)cc1)N(c1ccccc1)c1ccccc1. The molecule has 0 aliphatic carbocycles. The highest BCUT2D eigenvalue weighted by Gasteiger charge is 2.18. The average Bonchev–Trinajstić information content (AvgIpc) is 2.63. The Balaban J connectivity index is 1.89. The van der Waals surface area contributed by atoms with Gasteiger partial charge in [0.25, 0.3) is 9.05 Å². The first-order valence-electron chi connectivity index (χ1n) is 7.71. The van der Waals surface area contributed by atoms with Gasteiger partial charge in [0.1, 0.15) is 0 Å². The van der Waals surface area contributed by atoms with Gasteiger partial charge in [-0.1, -0.05) is 36.4 Å². The predicted molar refractivity (Wildman–Crippen MR) is 104 cm³/mol. The molecule has 0 saturated carbocycles. The standard InChI is InChI=1S/C19H15ClN2O3S/c20-26(24,25)18-13-11-15(12-14-18)21-19(23)22(16-7-3-1-4-8-16)17-9-5-2-6-10-17/h1-14H,(H,21,23). The molecule has 0 bridgehead atoms. The molecule has 5 nitrogen and oxygen atoms in total. The molecule has 1 N–H and O–H groups in total. The third-order valence-corrected chi connectivity index (χ3v) is 4.99. The summed E-state index contributed by atoms with van der Waals surface area (Å²) in [6.07, 6.45) is 0. The van der Waals surface area contributed by atoms with Crippen LogP contribution in [0.15, 0.2) is 89.8 Å². The summed E-state index contributed by atoms with van der Waals surface area (Å²) >= 11 is 0. The van der Waals surface area contributed by atoms with Crippen LogP contribution < -0.4 is 10.2 Å². The number of amides is 2. The first kappa shape index (κ1) is 18.0. The fraction of sp³-hybridized carbons (Fsp3) is 0. The van der Waals surface area contributed by atoms with Crippen LogP contribution in [0, 0.1) is 0 Å². The van der Waals surface area contributed by atoms with E-state index >= 15 is 0 Å². The first-order chi connectivity index (χ1) is 12.4. The second-order valence-electron chi connectivity index (χ2n) is 5.40. The van der Waals surface area contributed by atoms with E-state index in [2.05, 4.69) is 5.32 Å². The number of nitrogens with one attached hydrogen (secondary N) is 1. The van der Waals surface area contributed by atoms with E-state index in [1.807, 2.05) is 60.7 Å². The molecule has 132 valence electrons. The molecule has 0 saturated heterocycles. The lowest BCUT2D eigenvalue weighted by atomic mass is 10.2. The van der Waals surface area contributed by atoms with Gasteiger partial charge in [0.15, 0.2) is 0 Å². The molecule has 26 heavy (non-hydrogen) atoms. The first-order valence-corrected chi connectivity index (χ1v) is 10.0. The Hall–Kier alpha value is -2.83. The van der Waals surface area contributed by atoms with Crippen molar-refractivity contribution in [1.29, 1.82) is 0 Å². The fourth-order valence-electron chi connectivity index (χ4n) is 2.42. The Labute approximate surface area is 156 Å². The lowest BCUT2D eigenvalue weighted by Crippen LogP contribution is -2.30. The average molecular weight is 387 g/mol. The highest BCUT2D eigenvalue weighted by atomic mass is 35.7. The van der Waals surface area contributed by atoms with Crippen LogP contribution in [0.3, 0.4) is 0 Å². The molecule has 3 rings (SSSR count). The summed E-state index contributed by atoms with van der Waals surface area (Å²) in [5.41, 5.74) is 1.86. The van der Waals surface area contributed by atoms with Crippen molar-refractivity contribution in [3.63, 3.8) is 0 Å². The van der Waals surface area contributed by atoms with Crippen molar-refractivity contribution in [2.45, 2.75) is 4.90 Å². The van der Waals surface area contributed by atoms with E-state index in [-0.39, 0.29) is 10.9 Å². The number of nitrogens with zero attached hydrogens (tertiary/aromatic N) is 1. The van der Waals surface area contributed by atoms with E-state index < -0.39 is 9.05 Å². The highest BCUT2D eigenvalue weighted by Crippen LogP contribution is 2.26. The summed E-state index contributed by atoms with van der Waals surface area (Å²) in [6, 6.07) is 23.7. The van der Waals surface area contributed by atoms with Crippen LogP contribution in [0.4, 0.5) is 21.9 Å². The van der Waals surface area contributed by atoms with E-state index in [0.717, 1.165) is 0 Å². The largest absolute Gasteiger partial charge is 0.330 e. The molecule has 0 fully saturated rings. The van der Waals surface area contributed by atoms with Crippen LogP contribution in [0.5, 0.6) is 0 Å². The smallest absolute Gasteiger partial charge is 0.307 e. The van der Waals surface area contributed by atoms with Crippen LogP contribution in [-0.4, -0.2) is 14.4 Å². The van der Waals surface area contributed by atoms with E-state index in [0.29, 0.717) is 17.1 Å². The Morgan fingerprint density at radius 1 is 0.769 bits per heavy atom. The third-order valence-electron chi connectivity index (χ3n) is 3.62. The molecule has 0 aliphatic heterocycles. The quantitative estimate of drug-likeness (QED) is 0.642. The molecule has 0 radical (unpaired) electrons. The van der Waals surface area contributed by atoms with Crippen LogP contribution in [0.25, 0.3) is 0 Å². The number of hydrogen-bond donors (Lipinski definition) is 1. The summed E-state index contributed by atoms with van der Waals surface area (Å²) in [5, 5.41) is 2.77. The second kappa shape index (κ2) is 7.59. The number of urea groups is 1. The zero-order valence-corrected chi connectivity index (χ0v) is 15.1. The van der Waals surface area contributed by atoms with Crippen molar-refractivity contribution < 1.29 is 13.2 Å². The minimum atomic E-state index is -3.80. The van der Waals surface area contributed by atoms with Crippen molar-refractivity contribution in [3.8, 4) is 0 Å². The summed E-state index contributed by atoms with van der Waals surface area (Å²) in [5.74, 6) is 0. The Morgan fingerprint density at radius 3 is 1.65 bits per heavy atom. The van der Waals surface area contributed by atoms with Gasteiger partial charge in [-0.2, -0.15) is 0 Å². The number of anilines is 3. The molecule has 0 spiro atoms. The molecule has 3 aromatic rings. The number of carbonyl (C=O) groups is 1. The van der Waals surface area contributed by atoms with Gasteiger partial charge in [-0.05, 0) is 48.5 Å². The third kappa shape index (κ3) is 4.22. The van der Waals surface area contributed by atoms with Crippen molar-refractivity contribution in [1.82, 2.24) is 0 Å². The summed E-state index contributed by atoms with van der Waals surface area (Å²) in [7, 11) is 1.50. The number of benzene rings is 3. The Kier molecular flexibility index (Phi) is 5.25. The number of carbonyl (C=O) groups excluding carboxylic acids is 1. The molecule has 0 unspecified atom stereocenters. The van der Waals surface area contributed by atoms with E-state index in [1.165, 1.54) is 29.2 Å².